The zero-order chi connectivity index (χ0) is 14.5. The second-order valence-electron chi connectivity index (χ2n) is 4.62. The lowest BCUT2D eigenvalue weighted by atomic mass is 10.1. The Hall–Kier alpha value is -2.37. The zero-order valence-corrected chi connectivity index (χ0v) is 12.0. The van der Waals surface area contributed by atoms with Crippen LogP contribution < -0.4 is 10.6 Å². The average Bonchev–Trinajstić information content (AvgIpc) is 2.82. The molecule has 6 heteroatoms. The van der Waals surface area contributed by atoms with Crippen LogP contribution in [0, 0.1) is 6.92 Å². The molecule has 1 aromatic heterocycles. The van der Waals surface area contributed by atoms with E-state index in [1.165, 1.54) is 11.0 Å². The SMILES string of the molecule is CCCNc1ccc(C(=O)Nc2ncnn2C)c(C)c1. The van der Waals surface area contributed by atoms with Gasteiger partial charge in [-0.2, -0.15) is 10.1 Å². The van der Waals surface area contributed by atoms with Crippen molar-refractivity contribution in [3.63, 3.8) is 0 Å². The summed E-state index contributed by atoms with van der Waals surface area (Å²) in [5.74, 6) is 0.253. The van der Waals surface area contributed by atoms with Gasteiger partial charge in [0.05, 0.1) is 0 Å². The smallest absolute Gasteiger partial charge is 0.258 e. The minimum absolute atomic E-state index is 0.180. The Morgan fingerprint density at radius 2 is 2.20 bits per heavy atom. The molecule has 1 aromatic carbocycles. The van der Waals surface area contributed by atoms with Crippen molar-refractivity contribution in [2.45, 2.75) is 20.3 Å². The second kappa shape index (κ2) is 6.18. The van der Waals surface area contributed by atoms with Gasteiger partial charge < -0.3 is 5.32 Å². The summed E-state index contributed by atoms with van der Waals surface area (Å²) >= 11 is 0. The lowest BCUT2D eigenvalue weighted by molar-refractivity contribution is 0.102. The molecule has 0 fully saturated rings. The van der Waals surface area contributed by atoms with Crippen LogP contribution in [0.25, 0.3) is 0 Å². The Bertz CT molecular complexity index is 605. The number of amides is 1. The summed E-state index contributed by atoms with van der Waals surface area (Å²) in [6.45, 7) is 4.95. The summed E-state index contributed by atoms with van der Waals surface area (Å²) in [4.78, 5) is 16.2. The number of carbonyl (C=O) groups excluding carboxylic acids is 1. The molecule has 106 valence electrons. The molecule has 0 atom stereocenters. The number of aryl methyl sites for hydroxylation is 2. The van der Waals surface area contributed by atoms with Crippen LogP contribution in [0.3, 0.4) is 0 Å². The normalized spacial score (nSPS) is 10.3. The fourth-order valence-electron chi connectivity index (χ4n) is 1.88. The molecule has 2 rings (SSSR count). The topological polar surface area (TPSA) is 71.8 Å². The third kappa shape index (κ3) is 3.14. The van der Waals surface area contributed by atoms with Gasteiger partial charge in [0.15, 0.2) is 0 Å². The number of rotatable bonds is 5. The van der Waals surface area contributed by atoms with E-state index < -0.39 is 0 Å². The summed E-state index contributed by atoms with van der Waals surface area (Å²) < 4.78 is 1.52. The highest BCUT2D eigenvalue weighted by molar-refractivity contribution is 6.04. The van der Waals surface area contributed by atoms with E-state index in [-0.39, 0.29) is 5.91 Å². The predicted molar refractivity (Wildman–Crippen MR) is 78.9 cm³/mol. The summed E-state index contributed by atoms with van der Waals surface area (Å²) in [6.07, 6.45) is 2.47. The highest BCUT2D eigenvalue weighted by atomic mass is 16.1. The molecule has 1 amide bonds. The maximum Gasteiger partial charge on any atom is 0.258 e. The fraction of sp³-hybridized carbons (Fsp3) is 0.357. The first-order chi connectivity index (χ1) is 9.61. The highest BCUT2D eigenvalue weighted by Gasteiger charge is 2.12. The Morgan fingerprint density at radius 1 is 1.40 bits per heavy atom. The minimum atomic E-state index is -0.180. The van der Waals surface area contributed by atoms with E-state index in [0.29, 0.717) is 11.5 Å². The van der Waals surface area contributed by atoms with Gasteiger partial charge in [-0.15, -0.1) is 0 Å². The third-order valence-electron chi connectivity index (χ3n) is 2.99. The van der Waals surface area contributed by atoms with Crippen molar-refractivity contribution in [1.29, 1.82) is 0 Å². The van der Waals surface area contributed by atoms with Gasteiger partial charge in [-0.25, -0.2) is 4.68 Å². The number of hydrogen-bond donors (Lipinski definition) is 2. The molecule has 0 aliphatic rings. The number of anilines is 2. The first kappa shape index (κ1) is 14.0. The molecular weight excluding hydrogens is 254 g/mol. The molecule has 0 aliphatic carbocycles. The molecular formula is C14H19N5O. The quantitative estimate of drug-likeness (QED) is 0.876. The van der Waals surface area contributed by atoms with Gasteiger partial charge in [-0.05, 0) is 37.1 Å². The molecule has 0 saturated heterocycles. The molecule has 0 bridgehead atoms. The Balaban J connectivity index is 2.12. The van der Waals surface area contributed by atoms with E-state index in [9.17, 15) is 4.79 Å². The van der Waals surface area contributed by atoms with E-state index in [1.54, 1.807) is 7.05 Å². The Labute approximate surface area is 118 Å². The van der Waals surface area contributed by atoms with Crippen molar-refractivity contribution in [3.8, 4) is 0 Å². The monoisotopic (exact) mass is 273 g/mol. The van der Waals surface area contributed by atoms with Crippen molar-refractivity contribution < 1.29 is 4.79 Å². The van der Waals surface area contributed by atoms with Crippen LogP contribution in [0.4, 0.5) is 11.6 Å². The van der Waals surface area contributed by atoms with Crippen molar-refractivity contribution in [3.05, 3.63) is 35.7 Å². The third-order valence-corrected chi connectivity index (χ3v) is 2.99. The second-order valence-corrected chi connectivity index (χ2v) is 4.62. The molecule has 0 aliphatic heterocycles. The van der Waals surface area contributed by atoms with Gasteiger partial charge in [0.25, 0.3) is 5.91 Å². The molecule has 2 aromatic rings. The van der Waals surface area contributed by atoms with Crippen molar-refractivity contribution in [2.24, 2.45) is 7.05 Å². The van der Waals surface area contributed by atoms with Crippen LogP contribution in [0.2, 0.25) is 0 Å². The van der Waals surface area contributed by atoms with E-state index in [0.717, 1.165) is 24.2 Å². The molecule has 20 heavy (non-hydrogen) atoms. The van der Waals surface area contributed by atoms with E-state index in [4.69, 9.17) is 0 Å². The molecule has 2 N–H and O–H groups in total. The Kier molecular flexibility index (Phi) is 4.34. The number of aromatic nitrogens is 3. The number of hydrogen-bond acceptors (Lipinski definition) is 4. The predicted octanol–water partition coefficient (Wildman–Crippen LogP) is 2.20. The molecule has 0 saturated carbocycles. The molecule has 0 unspecified atom stereocenters. The van der Waals surface area contributed by atoms with Crippen LogP contribution in [-0.2, 0) is 7.05 Å². The van der Waals surface area contributed by atoms with Crippen molar-refractivity contribution >= 4 is 17.5 Å². The maximum absolute atomic E-state index is 12.2. The number of carbonyl (C=O) groups is 1. The fourth-order valence-corrected chi connectivity index (χ4v) is 1.88. The molecule has 0 radical (unpaired) electrons. The van der Waals surface area contributed by atoms with Crippen molar-refractivity contribution in [1.82, 2.24) is 14.8 Å². The van der Waals surface area contributed by atoms with Gasteiger partial charge in [-0.1, -0.05) is 6.92 Å². The largest absolute Gasteiger partial charge is 0.385 e. The minimum Gasteiger partial charge on any atom is -0.385 e. The van der Waals surface area contributed by atoms with Gasteiger partial charge in [0.1, 0.15) is 6.33 Å². The average molecular weight is 273 g/mol. The summed E-state index contributed by atoms with van der Waals surface area (Å²) in [7, 11) is 1.73. The summed E-state index contributed by atoms with van der Waals surface area (Å²) in [6, 6.07) is 5.70. The van der Waals surface area contributed by atoms with Crippen LogP contribution in [-0.4, -0.2) is 27.2 Å². The lowest BCUT2D eigenvalue weighted by Crippen LogP contribution is -2.16. The molecule has 1 heterocycles. The van der Waals surface area contributed by atoms with Gasteiger partial charge in [0, 0.05) is 24.8 Å². The number of nitrogens with zero attached hydrogens (tertiary/aromatic N) is 3. The lowest BCUT2D eigenvalue weighted by Gasteiger charge is -2.10. The van der Waals surface area contributed by atoms with Gasteiger partial charge >= 0.3 is 0 Å². The standard InChI is InChI=1S/C14H19N5O/c1-4-7-15-11-5-6-12(10(2)8-11)13(20)18-14-16-9-17-19(14)3/h5-6,8-9,15H,4,7H2,1-3H3,(H,16,17,18,20). The first-order valence-corrected chi connectivity index (χ1v) is 6.61. The first-order valence-electron chi connectivity index (χ1n) is 6.61. The van der Waals surface area contributed by atoms with Gasteiger partial charge in [0.2, 0.25) is 5.95 Å². The molecule has 0 spiro atoms. The van der Waals surface area contributed by atoms with E-state index in [2.05, 4.69) is 27.6 Å². The van der Waals surface area contributed by atoms with Crippen LogP contribution in [0.1, 0.15) is 29.3 Å². The summed E-state index contributed by atoms with van der Waals surface area (Å²) in [5, 5.41) is 9.95. The van der Waals surface area contributed by atoms with Crippen molar-refractivity contribution in [2.75, 3.05) is 17.2 Å². The maximum atomic E-state index is 12.2. The number of nitrogens with one attached hydrogen (secondary N) is 2. The van der Waals surface area contributed by atoms with E-state index >= 15 is 0 Å². The van der Waals surface area contributed by atoms with Crippen LogP contribution in [0.15, 0.2) is 24.5 Å². The Morgan fingerprint density at radius 3 is 2.80 bits per heavy atom. The number of benzene rings is 1. The highest BCUT2D eigenvalue weighted by Crippen LogP contribution is 2.16. The summed E-state index contributed by atoms with van der Waals surface area (Å²) in [5.41, 5.74) is 2.58. The molecule has 6 nitrogen and oxygen atoms in total. The van der Waals surface area contributed by atoms with Crippen LogP contribution in [0.5, 0.6) is 0 Å². The van der Waals surface area contributed by atoms with E-state index in [1.807, 2.05) is 25.1 Å². The van der Waals surface area contributed by atoms with Gasteiger partial charge in [-0.3, -0.25) is 10.1 Å². The van der Waals surface area contributed by atoms with Crippen LogP contribution >= 0.6 is 0 Å². The zero-order valence-electron chi connectivity index (χ0n) is 12.0.